The minimum Gasteiger partial charge on any atom is -0.380 e. The largest absolute Gasteiger partial charge is 0.380 e. The Morgan fingerprint density at radius 1 is 0.857 bits per heavy atom. The molecule has 0 bridgehead atoms. The van der Waals surface area contributed by atoms with E-state index >= 15 is 0 Å². The number of nitrogens with zero attached hydrogens (tertiary/aromatic N) is 1. The Morgan fingerprint density at radius 2 is 1.38 bits per heavy atom. The molecule has 0 atom stereocenters. The molecular formula is C18H37NO2. The predicted octanol–water partition coefficient (Wildman–Crippen LogP) is 4.50. The van der Waals surface area contributed by atoms with Gasteiger partial charge in [-0.3, -0.25) is 4.79 Å². The summed E-state index contributed by atoms with van der Waals surface area (Å²) >= 11 is 0. The van der Waals surface area contributed by atoms with Crippen LogP contribution in [0.1, 0.15) is 75.2 Å². The van der Waals surface area contributed by atoms with Gasteiger partial charge in [0.25, 0.3) is 0 Å². The maximum Gasteiger partial charge on any atom is 0.223 e. The molecule has 0 rings (SSSR count). The number of ether oxygens (including phenoxy) is 1. The summed E-state index contributed by atoms with van der Waals surface area (Å²) in [5.41, 5.74) is 0.162. The zero-order chi connectivity index (χ0) is 16.9. The van der Waals surface area contributed by atoms with Crippen molar-refractivity contribution in [3.8, 4) is 0 Å². The zero-order valence-corrected chi connectivity index (χ0v) is 15.8. The first-order valence-electron chi connectivity index (χ1n) is 8.11. The first-order valence-corrected chi connectivity index (χ1v) is 8.11. The summed E-state index contributed by atoms with van der Waals surface area (Å²) < 4.78 is 5.72. The van der Waals surface area contributed by atoms with Crippen molar-refractivity contribution in [1.29, 1.82) is 0 Å². The molecule has 0 aliphatic rings. The summed E-state index contributed by atoms with van der Waals surface area (Å²) in [6.07, 6.45) is 1.62. The minimum absolute atomic E-state index is 0.0215. The van der Waals surface area contributed by atoms with Gasteiger partial charge in [-0.2, -0.15) is 0 Å². The van der Waals surface area contributed by atoms with E-state index in [1.165, 1.54) is 0 Å². The van der Waals surface area contributed by atoms with Crippen molar-refractivity contribution in [2.45, 2.75) is 80.7 Å². The van der Waals surface area contributed by atoms with Crippen molar-refractivity contribution in [3.05, 3.63) is 0 Å². The Hall–Kier alpha value is -0.570. The summed E-state index contributed by atoms with van der Waals surface area (Å²) in [6, 6.07) is 0. The monoisotopic (exact) mass is 299 g/mol. The number of amides is 1. The van der Waals surface area contributed by atoms with Gasteiger partial charge >= 0.3 is 0 Å². The van der Waals surface area contributed by atoms with Gasteiger partial charge in [0, 0.05) is 25.1 Å². The van der Waals surface area contributed by atoms with Gasteiger partial charge in [-0.1, -0.05) is 41.5 Å². The molecule has 0 aromatic rings. The zero-order valence-electron chi connectivity index (χ0n) is 15.8. The van der Waals surface area contributed by atoms with Crippen LogP contribution in [0.3, 0.4) is 0 Å². The molecule has 0 unspecified atom stereocenters. The maximum absolute atomic E-state index is 12.5. The second-order valence-electron chi connectivity index (χ2n) is 9.38. The highest BCUT2D eigenvalue weighted by Gasteiger charge is 2.28. The SMILES string of the molecule is CC(C)(C)CCOCCN(C(=O)CC(C)(C)C)C(C)(C)C. The molecule has 0 N–H and O–H groups in total. The predicted molar refractivity (Wildman–Crippen MR) is 90.4 cm³/mol. The lowest BCUT2D eigenvalue weighted by molar-refractivity contribution is -0.139. The van der Waals surface area contributed by atoms with Crippen LogP contribution in [0.4, 0.5) is 0 Å². The molecule has 1 amide bonds. The van der Waals surface area contributed by atoms with E-state index in [9.17, 15) is 4.79 Å². The fraction of sp³-hybridized carbons (Fsp3) is 0.944. The first-order chi connectivity index (χ1) is 9.22. The van der Waals surface area contributed by atoms with Crippen LogP contribution >= 0.6 is 0 Å². The van der Waals surface area contributed by atoms with E-state index in [4.69, 9.17) is 4.74 Å². The van der Waals surface area contributed by atoms with Crippen molar-refractivity contribution in [3.63, 3.8) is 0 Å². The third-order valence-electron chi connectivity index (χ3n) is 3.25. The molecule has 0 spiro atoms. The van der Waals surface area contributed by atoms with Crippen LogP contribution in [0, 0.1) is 10.8 Å². The molecule has 0 heterocycles. The van der Waals surface area contributed by atoms with Gasteiger partial charge in [-0.05, 0) is 38.0 Å². The van der Waals surface area contributed by atoms with Gasteiger partial charge in [0.2, 0.25) is 5.91 Å². The van der Waals surface area contributed by atoms with E-state index in [2.05, 4.69) is 62.3 Å². The Balaban J connectivity index is 4.37. The Kier molecular flexibility index (Phi) is 7.41. The molecule has 0 aromatic heterocycles. The van der Waals surface area contributed by atoms with Crippen molar-refractivity contribution in [2.24, 2.45) is 10.8 Å². The minimum atomic E-state index is -0.157. The summed E-state index contributed by atoms with van der Waals surface area (Å²) in [7, 11) is 0. The molecule has 0 saturated heterocycles. The fourth-order valence-electron chi connectivity index (χ4n) is 2.02. The normalized spacial score (nSPS) is 13.4. The highest BCUT2D eigenvalue weighted by atomic mass is 16.5. The summed E-state index contributed by atoms with van der Waals surface area (Å²) in [4.78, 5) is 14.5. The molecule has 21 heavy (non-hydrogen) atoms. The molecule has 0 aromatic carbocycles. The molecule has 0 aliphatic heterocycles. The van der Waals surface area contributed by atoms with E-state index in [0.717, 1.165) is 13.0 Å². The molecule has 3 heteroatoms. The highest BCUT2D eigenvalue weighted by molar-refractivity contribution is 5.77. The topological polar surface area (TPSA) is 29.5 Å². The average Bonchev–Trinajstić information content (AvgIpc) is 2.16. The standard InChI is InChI=1S/C18H37NO2/c1-16(2,3)10-12-21-13-11-19(18(7,8)9)15(20)14-17(4,5)6/h10-14H2,1-9H3. The first kappa shape index (κ1) is 20.4. The van der Waals surface area contributed by atoms with Crippen LogP contribution in [0.2, 0.25) is 0 Å². The van der Waals surface area contributed by atoms with Crippen molar-refractivity contribution in [2.75, 3.05) is 19.8 Å². The molecule has 3 nitrogen and oxygen atoms in total. The third-order valence-corrected chi connectivity index (χ3v) is 3.25. The molecular weight excluding hydrogens is 262 g/mol. The van der Waals surface area contributed by atoms with Crippen LogP contribution in [0.25, 0.3) is 0 Å². The summed E-state index contributed by atoms with van der Waals surface area (Å²) in [6.45, 7) is 21.2. The van der Waals surface area contributed by atoms with E-state index in [1.54, 1.807) is 0 Å². The average molecular weight is 299 g/mol. The quantitative estimate of drug-likeness (QED) is 0.676. The molecule has 0 fully saturated rings. The van der Waals surface area contributed by atoms with E-state index in [1.807, 2.05) is 4.90 Å². The lowest BCUT2D eigenvalue weighted by Crippen LogP contribution is -2.48. The van der Waals surface area contributed by atoms with Gasteiger partial charge in [-0.15, -0.1) is 0 Å². The molecule has 126 valence electrons. The van der Waals surface area contributed by atoms with E-state index in [0.29, 0.717) is 25.0 Å². The van der Waals surface area contributed by atoms with Crippen LogP contribution in [-0.4, -0.2) is 36.1 Å². The second-order valence-corrected chi connectivity index (χ2v) is 9.38. The van der Waals surface area contributed by atoms with E-state index in [-0.39, 0.29) is 16.9 Å². The van der Waals surface area contributed by atoms with Crippen LogP contribution in [-0.2, 0) is 9.53 Å². The fourth-order valence-corrected chi connectivity index (χ4v) is 2.02. The van der Waals surface area contributed by atoms with Gasteiger partial charge in [-0.25, -0.2) is 0 Å². The van der Waals surface area contributed by atoms with Gasteiger partial charge in [0.1, 0.15) is 0 Å². The number of hydrogen-bond donors (Lipinski definition) is 0. The number of hydrogen-bond acceptors (Lipinski definition) is 2. The van der Waals surface area contributed by atoms with Gasteiger partial charge in [0.15, 0.2) is 0 Å². The molecule has 0 aliphatic carbocycles. The third kappa shape index (κ3) is 10.8. The number of carbonyl (C=O) groups is 1. The lowest BCUT2D eigenvalue weighted by atomic mass is 9.90. The number of rotatable bonds is 6. The van der Waals surface area contributed by atoms with Crippen molar-refractivity contribution < 1.29 is 9.53 Å². The van der Waals surface area contributed by atoms with Crippen LogP contribution in [0.15, 0.2) is 0 Å². The van der Waals surface area contributed by atoms with Gasteiger partial charge in [0.05, 0.1) is 6.61 Å². The smallest absolute Gasteiger partial charge is 0.223 e. The summed E-state index contributed by atoms with van der Waals surface area (Å²) in [5.74, 6) is 0.217. The second kappa shape index (κ2) is 7.62. The molecule has 0 radical (unpaired) electrons. The Bertz CT molecular complexity index is 316. The summed E-state index contributed by atoms with van der Waals surface area (Å²) in [5, 5.41) is 0. The van der Waals surface area contributed by atoms with Gasteiger partial charge < -0.3 is 9.64 Å². The van der Waals surface area contributed by atoms with Crippen LogP contribution < -0.4 is 0 Å². The van der Waals surface area contributed by atoms with Crippen molar-refractivity contribution >= 4 is 5.91 Å². The lowest BCUT2D eigenvalue weighted by Gasteiger charge is -2.37. The maximum atomic E-state index is 12.5. The Morgan fingerprint density at radius 3 is 1.76 bits per heavy atom. The van der Waals surface area contributed by atoms with Crippen molar-refractivity contribution in [1.82, 2.24) is 4.90 Å². The number of carbonyl (C=O) groups excluding carboxylic acids is 1. The van der Waals surface area contributed by atoms with E-state index < -0.39 is 0 Å². The Labute approximate surface area is 132 Å². The molecule has 0 saturated carbocycles. The van der Waals surface area contributed by atoms with Crippen LogP contribution in [0.5, 0.6) is 0 Å². The highest BCUT2D eigenvalue weighted by Crippen LogP contribution is 2.23.